The van der Waals surface area contributed by atoms with Gasteiger partial charge in [0.2, 0.25) is 0 Å². The lowest BCUT2D eigenvalue weighted by Crippen LogP contribution is -2.39. The molecule has 0 saturated carbocycles. The quantitative estimate of drug-likeness (QED) is 0.485. The molecule has 0 aliphatic heterocycles. The zero-order valence-corrected chi connectivity index (χ0v) is 17.5. The Morgan fingerprint density at radius 2 is 1.94 bits per heavy atom. The lowest BCUT2D eigenvalue weighted by atomic mass is 9.91. The second-order valence-corrected chi connectivity index (χ2v) is 8.13. The number of rotatable bonds is 4. The van der Waals surface area contributed by atoms with Crippen LogP contribution in [0.25, 0.3) is 27.6 Å². The van der Waals surface area contributed by atoms with Crippen LogP contribution in [0.15, 0.2) is 36.8 Å². The van der Waals surface area contributed by atoms with E-state index in [1.54, 1.807) is 23.7 Å². The fourth-order valence-electron chi connectivity index (χ4n) is 3.15. The molecule has 0 aliphatic carbocycles. The number of nitrogens with two attached hydrogens (primary N) is 1. The van der Waals surface area contributed by atoms with Gasteiger partial charge in [-0.25, -0.2) is 15.0 Å². The SMILES string of the molecule is COc1cnc(-c2cn3c(-c4cc(C(C)(O)C(F)(F)F)ccc4C)cnc3c(N)n2)s1. The van der Waals surface area contributed by atoms with Crippen LogP contribution < -0.4 is 10.5 Å². The maximum Gasteiger partial charge on any atom is 0.421 e. The van der Waals surface area contributed by atoms with Crippen molar-refractivity contribution in [1.29, 1.82) is 0 Å². The molecule has 31 heavy (non-hydrogen) atoms. The molecular formula is C20H18F3N5O2S. The minimum atomic E-state index is -4.83. The highest BCUT2D eigenvalue weighted by Gasteiger charge is 2.51. The molecule has 162 valence electrons. The smallest absolute Gasteiger partial charge is 0.421 e. The summed E-state index contributed by atoms with van der Waals surface area (Å²) in [5, 5.41) is 11.3. The molecule has 0 spiro atoms. The van der Waals surface area contributed by atoms with E-state index in [4.69, 9.17) is 10.5 Å². The van der Waals surface area contributed by atoms with Crippen LogP contribution in [0.2, 0.25) is 0 Å². The number of aliphatic hydroxyl groups is 1. The van der Waals surface area contributed by atoms with Gasteiger partial charge in [-0.15, -0.1) is 0 Å². The Morgan fingerprint density at radius 1 is 1.19 bits per heavy atom. The van der Waals surface area contributed by atoms with Gasteiger partial charge in [-0.05, 0) is 31.0 Å². The van der Waals surface area contributed by atoms with E-state index in [-0.39, 0.29) is 11.4 Å². The summed E-state index contributed by atoms with van der Waals surface area (Å²) < 4.78 is 46.9. The van der Waals surface area contributed by atoms with E-state index in [1.165, 1.54) is 42.8 Å². The molecule has 4 aromatic rings. The highest BCUT2D eigenvalue weighted by atomic mass is 32.1. The van der Waals surface area contributed by atoms with Gasteiger partial charge >= 0.3 is 6.18 Å². The van der Waals surface area contributed by atoms with Gasteiger partial charge < -0.3 is 15.6 Å². The molecule has 4 rings (SSSR count). The van der Waals surface area contributed by atoms with Crippen LogP contribution in [0.4, 0.5) is 19.0 Å². The van der Waals surface area contributed by atoms with Crippen molar-refractivity contribution >= 4 is 22.8 Å². The second-order valence-electron chi connectivity index (χ2n) is 7.14. The molecule has 1 atom stereocenters. The van der Waals surface area contributed by atoms with Gasteiger partial charge in [-0.3, -0.25) is 4.40 Å². The maximum absolute atomic E-state index is 13.4. The van der Waals surface area contributed by atoms with Crippen molar-refractivity contribution in [3.05, 3.63) is 47.9 Å². The first-order valence-electron chi connectivity index (χ1n) is 9.07. The number of benzene rings is 1. The number of thiazole rings is 1. The molecule has 0 radical (unpaired) electrons. The number of hydrogen-bond donors (Lipinski definition) is 2. The number of hydrogen-bond acceptors (Lipinski definition) is 7. The third-order valence-corrected chi connectivity index (χ3v) is 6.03. The summed E-state index contributed by atoms with van der Waals surface area (Å²) in [6, 6.07) is 4.11. The Labute approximate surface area is 179 Å². The first kappa shape index (κ1) is 21.1. The zero-order valence-electron chi connectivity index (χ0n) is 16.7. The Bertz CT molecular complexity index is 1280. The molecule has 3 N–H and O–H groups in total. The van der Waals surface area contributed by atoms with Gasteiger partial charge in [0.25, 0.3) is 0 Å². The highest BCUT2D eigenvalue weighted by molar-refractivity contribution is 7.16. The van der Waals surface area contributed by atoms with Crippen molar-refractivity contribution in [3.8, 4) is 27.0 Å². The van der Waals surface area contributed by atoms with Crippen molar-refractivity contribution in [2.75, 3.05) is 12.8 Å². The summed E-state index contributed by atoms with van der Waals surface area (Å²) in [5.41, 5.74) is 5.31. The fraction of sp³-hybridized carbons (Fsp3) is 0.250. The van der Waals surface area contributed by atoms with Crippen LogP contribution >= 0.6 is 11.3 Å². The largest absolute Gasteiger partial charge is 0.486 e. The number of anilines is 1. The molecule has 0 aliphatic rings. The van der Waals surface area contributed by atoms with E-state index in [0.717, 1.165) is 6.92 Å². The normalized spacial score (nSPS) is 14.0. The molecule has 0 bridgehead atoms. The van der Waals surface area contributed by atoms with Gasteiger partial charge in [-0.2, -0.15) is 13.2 Å². The fourth-order valence-corrected chi connectivity index (χ4v) is 3.84. The number of aromatic nitrogens is 4. The molecule has 1 unspecified atom stereocenters. The molecule has 1 aromatic carbocycles. The summed E-state index contributed by atoms with van der Waals surface area (Å²) in [7, 11) is 1.53. The lowest BCUT2D eigenvalue weighted by Gasteiger charge is -2.27. The van der Waals surface area contributed by atoms with Crippen LogP contribution in [0, 0.1) is 6.92 Å². The van der Waals surface area contributed by atoms with Gasteiger partial charge in [-0.1, -0.05) is 23.5 Å². The predicted molar refractivity (Wildman–Crippen MR) is 111 cm³/mol. The van der Waals surface area contributed by atoms with Crippen LogP contribution in [-0.4, -0.2) is 37.7 Å². The molecule has 0 fully saturated rings. The molecule has 7 nitrogen and oxygen atoms in total. The number of alkyl halides is 3. The van der Waals surface area contributed by atoms with E-state index in [1.807, 2.05) is 0 Å². The molecular weight excluding hydrogens is 431 g/mol. The first-order valence-corrected chi connectivity index (χ1v) is 9.89. The number of halogens is 3. The maximum atomic E-state index is 13.4. The van der Waals surface area contributed by atoms with E-state index >= 15 is 0 Å². The lowest BCUT2D eigenvalue weighted by molar-refractivity contribution is -0.258. The minimum Gasteiger partial charge on any atom is -0.486 e. The van der Waals surface area contributed by atoms with Crippen molar-refractivity contribution in [2.45, 2.75) is 25.6 Å². The molecule has 0 saturated heterocycles. The number of methoxy groups -OCH3 is 1. The van der Waals surface area contributed by atoms with Crippen molar-refractivity contribution < 1.29 is 23.0 Å². The average Bonchev–Trinajstić information content (AvgIpc) is 3.34. The topological polar surface area (TPSA) is 98.6 Å². The van der Waals surface area contributed by atoms with Crippen molar-refractivity contribution in [1.82, 2.24) is 19.4 Å². The number of aryl methyl sites for hydroxylation is 1. The van der Waals surface area contributed by atoms with Gasteiger partial charge in [0.15, 0.2) is 22.1 Å². The molecule has 3 heterocycles. The zero-order chi connectivity index (χ0) is 22.6. The van der Waals surface area contributed by atoms with Crippen molar-refractivity contribution in [2.24, 2.45) is 0 Å². The van der Waals surface area contributed by atoms with Crippen LogP contribution in [0.3, 0.4) is 0 Å². The van der Waals surface area contributed by atoms with E-state index in [0.29, 0.717) is 38.2 Å². The van der Waals surface area contributed by atoms with Gasteiger partial charge in [0.05, 0.1) is 25.2 Å². The van der Waals surface area contributed by atoms with E-state index in [2.05, 4.69) is 15.0 Å². The number of nitrogen functional groups attached to an aromatic ring is 1. The third kappa shape index (κ3) is 3.49. The standard InChI is InChI=1S/C20H18F3N5O2S/c1-10-4-5-11(19(2,29)20(21,22)23)6-12(10)14-7-25-17-16(24)27-13(9-28(14)17)18-26-8-15(30-3)31-18/h4-9,29H,1-3H3,(H2,24,27). The Hall–Kier alpha value is -3.18. The highest BCUT2D eigenvalue weighted by Crippen LogP contribution is 2.40. The van der Waals surface area contributed by atoms with Crippen LogP contribution in [0.5, 0.6) is 5.06 Å². The summed E-state index contributed by atoms with van der Waals surface area (Å²) in [6.45, 7) is 2.49. The Kier molecular flexibility index (Phi) is 4.90. The molecule has 0 amide bonds. The summed E-state index contributed by atoms with van der Waals surface area (Å²) in [5.74, 6) is 0.147. The number of imidazole rings is 1. The summed E-state index contributed by atoms with van der Waals surface area (Å²) >= 11 is 1.28. The minimum absolute atomic E-state index is 0.147. The molecule has 3 aromatic heterocycles. The average molecular weight is 449 g/mol. The summed E-state index contributed by atoms with van der Waals surface area (Å²) in [6.07, 6.45) is -0.0948. The predicted octanol–water partition coefficient (Wildman–Crippen LogP) is 4.19. The number of fused-ring (bicyclic) bond motifs is 1. The monoisotopic (exact) mass is 449 g/mol. The third-order valence-electron chi connectivity index (χ3n) is 5.05. The molecule has 11 heteroatoms. The second kappa shape index (κ2) is 7.20. The van der Waals surface area contributed by atoms with E-state index < -0.39 is 11.8 Å². The number of ether oxygens (including phenoxy) is 1. The first-order chi connectivity index (χ1) is 14.5. The van der Waals surface area contributed by atoms with E-state index in [9.17, 15) is 18.3 Å². The van der Waals surface area contributed by atoms with Crippen LogP contribution in [0.1, 0.15) is 18.1 Å². The van der Waals surface area contributed by atoms with Gasteiger partial charge in [0, 0.05) is 11.8 Å². The number of nitrogens with zero attached hydrogens (tertiary/aromatic N) is 4. The van der Waals surface area contributed by atoms with Crippen molar-refractivity contribution in [3.63, 3.8) is 0 Å². The van der Waals surface area contributed by atoms with Gasteiger partial charge in [0.1, 0.15) is 10.7 Å². The summed E-state index contributed by atoms with van der Waals surface area (Å²) in [4.78, 5) is 12.9. The Morgan fingerprint density at radius 3 is 2.58 bits per heavy atom. The van der Waals surface area contributed by atoms with Crippen LogP contribution in [-0.2, 0) is 5.60 Å². The Balaban J connectivity index is 1.90.